The average molecular weight is 1900 g/mol. The van der Waals surface area contributed by atoms with Gasteiger partial charge in [-0.15, -0.1) is 46.2 Å². The standard InChI is InChI=1S/C57H41N4.C52H39N4.2Pt/c1-57(2,43-22-16-25-46(37-43)60-39-59(45-23-10-5-11-24-45)52-30-14-15-31-53(52)60)44-32-33-50-49-26-12-13-29-51(49)61(54(50)38-44)55-36-42(34-35-58-55)56-47(40-18-6-3-7-19-40)27-17-28-48(56)41-20-8-4-9-21-41;1-52(2,39-20-14-21-41(33-39)55-35-54(3)47-26-12-13-27-48(47)55)40-28-29-45-44-22-10-11-25-46(44)56(49(45)34-40)50-32-38(30-31-53-50)51-42(36-16-6-4-7-17-36)23-15-24-43(51)37-18-8-5-9-19-37;;/h3-36,39H,1-2H3;4-32,35H,1-3H3;;/q2*-1;;/i;3D3;;. The molecule has 6 aromatic heterocycles. The van der Waals surface area contributed by atoms with Crippen molar-refractivity contribution in [3.05, 3.63) is 442 Å². The molecular weight excluding hydrogens is 1810 g/mol. The van der Waals surface area contributed by atoms with E-state index in [0.717, 1.165) is 145 Å². The van der Waals surface area contributed by atoms with Crippen LogP contribution in [0.5, 0.6) is 0 Å². The van der Waals surface area contributed by atoms with E-state index in [1.54, 1.807) is 6.33 Å². The summed E-state index contributed by atoms with van der Waals surface area (Å²) in [5.74, 6) is 1.65. The third kappa shape index (κ3) is 14.0. The third-order valence-electron chi connectivity index (χ3n) is 23.2. The van der Waals surface area contributed by atoms with Gasteiger partial charge in [0.1, 0.15) is 17.3 Å². The summed E-state index contributed by atoms with van der Waals surface area (Å²) in [5.41, 5.74) is 27.6. The van der Waals surface area contributed by atoms with E-state index in [2.05, 4.69) is 410 Å². The summed E-state index contributed by atoms with van der Waals surface area (Å²) in [5, 5.41) is 4.52. The van der Waals surface area contributed by atoms with Gasteiger partial charge in [-0.1, -0.05) is 263 Å². The molecule has 0 saturated heterocycles. The Morgan fingerprint density at radius 2 is 0.622 bits per heavy atom. The van der Waals surface area contributed by atoms with Crippen molar-refractivity contribution in [2.24, 2.45) is 6.98 Å². The van der Waals surface area contributed by atoms with Crippen molar-refractivity contribution in [3.63, 3.8) is 0 Å². The van der Waals surface area contributed by atoms with Crippen molar-refractivity contribution < 1.29 is 46.2 Å². The summed E-state index contributed by atoms with van der Waals surface area (Å²) in [6, 6.07) is 145. The van der Waals surface area contributed by atoms with Gasteiger partial charge in [-0.25, -0.2) is 23.7 Å². The predicted octanol–water partition coefficient (Wildman–Crippen LogP) is 26.8. The second-order valence-electron chi connectivity index (χ2n) is 30.9. The van der Waals surface area contributed by atoms with Crippen LogP contribution in [0.15, 0.2) is 395 Å². The quantitative estimate of drug-likeness (QED) is 0.0961. The zero-order chi connectivity index (χ0) is 81.2. The molecule has 0 unspecified atom stereocenters. The molecular formula is C109H80N8Pt2-2. The fourth-order valence-electron chi connectivity index (χ4n) is 17.2. The minimum atomic E-state index is -2.32. The summed E-state index contributed by atoms with van der Waals surface area (Å²) >= 11 is 0. The van der Waals surface area contributed by atoms with Gasteiger partial charge in [0.25, 0.3) is 0 Å². The normalized spacial score (nSPS) is 12.1. The van der Waals surface area contributed by atoms with Gasteiger partial charge in [0.15, 0.2) is 34.7 Å². The van der Waals surface area contributed by atoms with Crippen molar-refractivity contribution in [2.75, 3.05) is 0 Å². The van der Waals surface area contributed by atoms with E-state index in [4.69, 9.17) is 14.1 Å². The first kappa shape index (κ1) is 73.2. The summed E-state index contributed by atoms with van der Waals surface area (Å²) in [4.78, 5) is 10.1. The zero-order valence-electron chi connectivity index (χ0n) is 68.7. The Kier molecular flexibility index (Phi) is 19.8. The molecule has 0 aliphatic heterocycles. The maximum atomic E-state index is 8.18. The topological polar surface area (TPSA) is 55.4 Å². The largest absolute Gasteiger partial charge is 0.319 e. The molecule has 21 aromatic rings. The average Bonchev–Trinajstić information content (AvgIpc) is 1.58. The van der Waals surface area contributed by atoms with Crippen LogP contribution < -0.4 is 0 Å². The first-order valence-corrected chi connectivity index (χ1v) is 39.7. The zero-order valence-corrected chi connectivity index (χ0v) is 70.3. The Morgan fingerprint density at radius 1 is 0.286 bits per heavy atom. The van der Waals surface area contributed by atoms with E-state index in [1.165, 1.54) is 37.8 Å². The number of benzene rings is 15. The van der Waals surface area contributed by atoms with Crippen LogP contribution in [0.4, 0.5) is 0 Å². The molecule has 0 bridgehead atoms. The van der Waals surface area contributed by atoms with Gasteiger partial charge >= 0.3 is 0 Å². The molecule has 6 heterocycles. The van der Waals surface area contributed by atoms with Crippen LogP contribution in [0.3, 0.4) is 0 Å². The van der Waals surface area contributed by atoms with Gasteiger partial charge in [0.2, 0.25) is 0 Å². The molecule has 578 valence electrons. The Labute approximate surface area is 726 Å². The molecule has 0 fully saturated rings. The molecule has 0 N–H and O–H groups in total. The maximum Gasteiger partial charge on any atom is 0.188 e. The Morgan fingerprint density at radius 3 is 1.03 bits per heavy atom. The number of aryl methyl sites for hydroxylation is 1. The number of fused-ring (bicyclic) bond motifs is 8. The molecule has 15 aromatic carbocycles. The van der Waals surface area contributed by atoms with Gasteiger partial charge in [0.05, 0.1) is 0 Å². The fourth-order valence-corrected chi connectivity index (χ4v) is 17.2. The first-order valence-electron chi connectivity index (χ1n) is 41.2. The van der Waals surface area contributed by atoms with E-state index in [-0.39, 0.29) is 42.1 Å². The van der Waals surface area contributed by atoms with Crippen molar-refractivity contribution in [1.29, 1.82) is 0 Å². The fraction of sp³-hybridized carbons (Fsp3) is 0.0642. The van der Waals surface area contributed by atoms with E-state index in [9.17, 15) is 0 Å². The maximum absolute atomic E-state index is 8.18. The number of rotatable bonds is 15. The van der Waals surface area contributed by atoms with Crippen LogP contribution >= 0.6 is 0 Å². The van der Waals surface area contributed by atoms with Gasteiger partial charge in [0, 0.05) is 112 Å². The van der Waals surface area contributed by atoms with Gasteiger partial charge in [-0.05, 0) is 149 Å². The first-order chi connectivity index (χ1) is 58.7. The Bertz CT molecular complexity index is 7340. The summed E-state index contributed by atoms with van der Waals surface area (Å²) in [6.07, 6.45) is 7.68. The predicted molar refractivity (Wildman–Crippen MR) is 483 cm³/mol. The molecule has 0 amide bonds. The van der Waals surface area contributed by atoms with Crippen molar-refractivity contribution >= 4 is 65.7 Å². The SMILES string of the molecule is CC(C)(c1[c-]c(-n2[cH+]n(-c3ccccc3)c3ccccc32)ccc1)c1[c-]c2c(cc1)c1ccccc1n2-c1cc(-c2c(-c3ccccc3)cccc2-c2ccccc2)ccn1.[2H]C([2H])([2H])n1[cH+]n(-c2[c-]c(C(C)(C)c3[c-]c4c(cc3)c3ccccc3n4-c3cc(-c4c(-c5ccccc5)cccc4-c4ccccc4)ccn3)ccc2)c2ccccc21.[Pt].[Pt]. The summed E-state index contributed by atoms with van der Waals surface area (Å²) < 4.78 is 36.8. The third-order valence-corrected chi connectivity index (χ3v) is 23.2. The van der Waals surface area contributed by atoms with Crippen LogP contribution in [0.25, 0.3) is 161 Å². The number of hydrogen-bond acceptors (Lipinski definition) is 2. The van der Waals surface area contributed by atoms with Crippen LogP contribution in [0.2, 0.25) is 0 Å². The van der Waals surface area contributed by atoms with Crippen molar-refractivity contribution in [1.82, 2.24) is 37.4 Å². The Balaban J connectivity index is 0.000000164. The number of nitrogens with zero attached hydrogens (tertiary/aromatic N) is 8. The van der Waals surface area contributed by atoms with Crippen LogP contribution in [-0.2, 0) is 59.9 Å². The van der Waals surface area contributed by atoms with Crippen molar-refractivity contribution in [3.8, 4) is 95.5 Å². The number of hydrogen-bond donors (Lipinski definition) is 0. The molecule has 0 aliphatic rings. The Hall–Kier alpha value is -13.5. The van der Waals surface area contributed by atoms with Crippen molar-refractivity contribution in [2.45, 2.75) is 38.5 Å². The number of pyridine rings is 2. The van der Waals surface area contributed by atoms with E-state index >= 15 is 0 Å². The van der Waals surface area contributed by atoms with E-state index in [1.807, 2.05) is 53.4 Å². The van der Waals surface area contributed by atoms with E-state index in [0.29, 0.717) is 5.52 Å². The monoisotopic (exact) mass is 1890 g/mol. The van der Waals surface area contributed by atoms with Crippen LogP contribution in [0.1, 0.15) is 54.1 Å². The molecule has 21 rings (SSSR count). The van der Waals surface area contributed by atoms with Gasteiger partial charge in [-0.2, -0.15) is 76.4 Å². The molecule has 8 nitrogen and oxygen atoms in total. The molecule has 0 aliphatic carbocycles. The van der Waals surface area contributed by atoms with Crippen LogP contribution in [0, 0.1) is 24.3 Å². The minimum absolute atomic E-state index is 0. The molecule has 10 heteroatoms. The molecule has 0 saturated carbocycles. The molecule has 119 heavy (non-hydrogen) atoms. The van der Waals surface area contributed by atoms with Gasteiger partial charge < -0.3 is 9.13 Å². The summed E-state index contributed by atoms with van der Waals surface area (Å²) in [7, 11) is 0. The minimum Gasteiger partial charge on any atom is -0.319 e. The number of aromatic nitrogens is 8. The van der Waals surface area contributed by atoms with Gasteiger partial charge in [-0.3, -0.25) is 0 Å². The van der Waals surface area contributed by atoms with Crippen LogP contribution in [-0.4, -0.2) is 37.4 Å². The van der Waals surface area contributed by atoms with E-state index < -0.39 is 17.8 Å². The second-order valence-corrected chi connectivity index (χ2v) is 30.9. The smallest absolute Gasteiger partial charge is 0.188 e. The molecule has 0 atom stereocenters. The summed E-state index contributed by atoms with van der Waals surface area (Å²) in [6.45, 7) is 6.60. The second kappa shape index (κ2) is 32.2. The number of imidazole rings is 2. The molecule has 0 spiro atoms. The number of para-hydroxylation sites is 7. The molecule has 0 radical (unpaired) electrons.